The molecule has 1 heterocycles. The third kappa shape index (κ3) is 3.12. The van der Waals surface area contributed by atoms with Crippen LogP contribution in [0.15, 0.2) is 18.2 Å². The summed E-state index contributed by atoms with van der Waals surface area (Å²) in [6.07, 6.45) is 2.80. The molecule has 1 atom stereocenters. The van der Waals surface area contributed by atoms with Gasteiger partial charge in [-0.25, -0.2) is 0 Å². The first-order chi connectivity index (χ1) is 9.52. The van der Waals surface area contributed by atoms with E-state index >= 15 is 0 Å². The predicted molar refractivity (Wildman–Crippen MR) is 80.9 cm³/mol. The van der Waals surface area contributed by atoms with Gasteiger partial charge in [-0.2, -0.15) is 0 Å². The minimum absolute atomic E-state index is 0.355. The zero-order valence-corrected chi connectivity index (χ0v) is 12.6. The standard InChI is InChI=1S/C16H24N2O2/c1-11(2)18-8-4-5-13-9-12(6-7-15(13)18)10-14(17)16(19)20-3/h6-7,9,11,14H,4-5,8,10,17H2,1-3H3. The Balaban J connectivity index is 2.17. The smallest absolute Gasteiger partial charge is 0.322 e. The molecule has 20 heavy (non-hydrogen) atoms. The average molecular weight is 276 g/mol. The van der Waals surface area contributed by atoms with Gasteiger partial charge in [0.05, 0.1) is 7.11 Å². The second-order valence-electron chi connectivity index (χ2n) is 5.69. The molecule has 0 saturated carbocycles. The molecule has 1 aromatic rings. The molecule has 0 fully saturated rings. The van der Waals surface area contributed by atoms with Crippen LogP contribution < -0.4 is 10.6 Å². The Hall–Kier alpha value is -1.55. The number of nitrogens with zero attached hydrogens (tertiary/aromatic N) is 1. The first-order valence-electron chi connectivity index (χ1n) is 7.24. The van der Waals surface area contributed by atoms with Crippen molar-refractivity contribution in [2.45, 2.75) is 45.2 Å². The Morgan fingerprint density at radius 1 is 1.45 bits per heavy atom. The summed E-state index contributed by atoms with van der Waals surface area (Å²) in [5.41, 5.74) is 9.61. The van der Waals surface area contributed by atoms with Crippen molar-refractivity contribution >= 4 is 11.7 Å². The number of fused-ring (bicyclic) bond motifs is 1. The molecule has 2 rings (SSSR count). The molecule has 110 valence electrons. The molecule has 0 aliphatic carbocycles. The van der Waals surface area contributed by atoms with Crippen LogP contribution in [0.1, 0.15) is 31.4 Å². The lowest BCUT2D eigenvalue weighted by Crippen LogP contribution is -2.36. The zero-order chi connectivity index (χ0) is 14.7. The highest BCUT2D eigenvalue weighted by Gasteiger charge is 2.20. The van der Waals surface area contributed by atoms with Gasteiger partial charge in [0.2, 0.25) is 0 Å². The SMILES string of the molecule is COC(=O)C(N)Cc1ccc2c(c1)CCCN2C(C)C. The fraction of sp³-hybridized carbons (Fsp3) is 0.562. The molecule has 0 radical (unpaired) electrons. The number of ether oxygens (including phenoxy) is 1. The molecule has 0 saturated heterocycles. The first kappa shape index (κ1) is 14.9. The normalized spacial score (nSPS) is 15.9. The Labute approximate surface area is 120 Å². The second kappa shape index (κ2) is 6.27. The number of nitrogens with two attached hydrogens (primary N) is 1. The summed E-state index contributed by atoms with van der Waals surface area (Å²) in [5.74, 6) is -0.355. The number of aryl methyl sites for hydroxylation is 1. The Bertz CT molecular complexity index is 485. The summed E-state index contributed by atoms with van der Waals surface area (Å²) in [6.45, 7) is 5.55. The number of carbonyl (C=O) groups excluding carboxylic acids is 1. The number of hydrogen-bond acceptors (Lipinski definition) is 4. The van der Waals surface area contributed by atoms with Gasteiger partial charge in [-0.3, -0.25) is 4.79 Å². The summed E-state index contributed by atoms with van der Waals surface area (Å²) in [4.78, 5) is 13.8. The lowest BCUT2D eigenvalue weighted by Gasteiger charge is -2.35. The van der Waals surface area contributed by atoms with E-state index in [1.165, 1.54) is 24.8 Å². The van der Waals surface area contributed by atoms with Crippen LogP contribution in [0.3, 0.4) is 0 Å². The molecule has 0 spiro atoms. The number of methoxy groups -OCH3 is 1. The van der Waals surface area contributed by atoms with Crippen molar-refractivity contribution in [1.29, 1.82) is 0 Å². The second-order valence-corrected chi connectivity index (χ2v) is 5.69. The molecule has 1 aliphatic heterocycles. The Morgan fingerprint density at radius 3 is 2.85 bits per heavy atom. The van der Waals surface area contributed by atoms with E-state index in [2.05, 4.69) is 41.7 Å². The van der Waals surface area contributed by atoms with Gasteiger partial charge in [0.25, 0.3) is 0 Å². The van der Waals surface area contributed by atoms with Crippen LogP contribution in [0.25, 0.3) is 0 Å². The van der Waals surface area contributed by atoms with Crippen LogP contribution in [0, 0.1) is 0 Å². The molecule has 4 heteroatoms. The van der Waals surface area contributed by atoms with Crippen molar-refractivity contribution in [2.24, 2.45) is 5.73 Å². The van der Waals surface area contributed by atoms with Gasteiger partial charge in [-0.1, -0.05) is 12.1 Å². The third-order valence-corrected chi connectivity index (χ3v) is 3.88. The first-order valence-corrected chi connectivity index (χ1v) is 7.24. The maximum Gasteiger partial charge on any atom is 0.322 e. The van der Waals surface area contributed by atoms with E-state index in [-0.39, 0.29) is 5.97 Å². The van der Waals surface area contributed by atoms with Gasteiger partial charge < -0.3 is 15.4 Å². The predicted octanol–water partition coefficient (Wildman–Crippen LogP) is 1.89. The highest BCUT2D eigenvalue weighted by atomic mass is 16.5. The lowest BCUT2D eigenvalue weighted by atomic mass is 9.96. The van der Waals surface area contributed by atoms with Crippen molar-refractivity contribution in [2.75, 3.05) is 18.6 Å². The van der Waals surface area contributed by atoms with E-state index in [0.717, 1.165) is 18.5 Å². The molecule has 4 nitrogen and oxygen atoms in total. The molecule has 2 N–H and O–H groups in total. The molecule has 1 unspecified atom stereocenters. The highest BCUT2D eigenvalue weighted by Crippen LogP contribution is 2.29. The number of hydrogen-bond donors (Lipinski definition) is 1. The van der Waals surface area contributed by atoms with Gasteiger partial charge in [0.15, 0.2) is 0 Å². The monoisotopic (exact) mass is 276 g/mol. The zero-order valence-electron chi connectivity index (χ0n) is 12.6. The summed E-state index contributed by atoms with van der Waals surface area (Å²) < 4.78 is 4.67. The minimum Gasteiger partial charge on any atom is -0.468 e. The molecular weight excluding hydrogens is 252 g/mol. The highest BCUT2D eigenvalue weighted by molar-refractivity contribution is 5.75. The molecule has 0 bridgehead atoms. The Morgan fingerprint density at radius 2 is 2.20 bits per heavy atom. The van der Waals surface area contributed by atoms with Gasteiger partial charge in [-0.15, -0.1) is 0 Å². The van der Waals surface area contributed by atoms with Gasteiger partial charge in [0, 0.05) is 18.3 Å². The van der Waals surface area contributed by atoms with Crippen LogP contribution in [-0.4, -0.2) is 31.7 Å². The van der Waals surface area contributed by atoms with E-state index in [0.29, 0.717) is 12.5 Å². The van der Waals surface area contributed by atoms with Gasteiger partial charge in [0.1, 0.15) is 6.04 Å². The molecule has 0 aromatic heterocycles. The van der Waals surface area contributed by atoms with Crippen LogP contribution in [-0.2, 0) is 22.4 Å². The van der Waals surface area contributed by atoms with E-state index in [1.54, 1.807) is 0 Å². The molecule has 1 aromatic carbocycles. The summed E-state index contributed by atoms with van der Waals surface area (Å²) in [5, 5.41) is 0. The van der Waals surface area contributed by atoms with Gasteiger partial charge in [-0.05, 0) is 50.3 Å². The molecule has 1 aliphatic rings. The van der Waals surface area contributed by atoms with E-state index in [1.807, 2.05) is 0 Å². The van der Waals surface area contributed by atoms with Gasteiger partial charge >= 0.3 is 5.97 Å². The quantitative estimate of drug-likeness (QED) is 0.853. The fourth-order valence-corrected chi connectivity index (χ4v) is 2.83. The third-order valence-electron chi connectivity index (χ3n) is 3.88. The summed E-state index contributed by atoms with van der Waals surface area (Å²) in [7, 11) is 1.37. The summed E-state index contributed by atoms with van der Waals surface area (Å²) >= 11 is 0. The number of anilines is 1. The fourth-order valence-electron chi connectivity index (χ4n) is 2.83. The minimum atomic E-state index is -0.581. The topological polar surface area (TPSA) is 55.6 Å². The maximum atomic E-state index is 11.4. The van der Waals surface area contributed by atoms with E-state index < -0.39 is 6.04 Å². The number of esters is 1. The van der Waals surface area contributed by atoms with Crippen molar-refractivity contribution in [1.82, 2.24) is 0 Å². The lowest BCUT2D eigenvalue weighted by molar-refractivity contribution is -0.142. The van der Waals surface area contributed by atoms with Crippen LogP contribution in [0.5, 0.6) is 0 Å². The largest absolute Gasteiger partial charge is 0.468 e. The number of benzene rings is 1. The van der Waals surface area contributed by atoms with Crippen LogP contribution >= 0.6 is 0 Å². The van der Waals surface area contributed by atoms with Crippen LogP contribution in [0.4, 0.5) is 5.69 Å². The van der Waals surface area contributed by atoms with Crippen molar-refractivity contribution < 1.29 is 9.53 Å². The number of rotatable bonds is 4. The molecule has 0 amide bonds. The van der Waals surface area contributed by atoms with E-state index in [9.17, 15) is 4.79 Å². The van der Waals surface area contributed by atoms with Crippen molar-refractivity contribution in [3.05, 3.63) is 29.3 Å². The van der Waals surface area contributed by atoms with Crippen LogP contribution in [0.2, 0.25) is 0 Å². The Kier molecular flexibility index (Phi) is 4.65. The van der Waals surface area contributed by atoms with Crippen molar-refractivity contribution in [3.8, 4) is 0 Å². The van der Waals surface area contributed by atoms with E-state index in [4.69, 9.17) is 5.73 Å². The summed E-state index contributed by atoms with van der Waals surface area (Å²) in [6, 6.07) is 6.35. The average Bonchev–Trinajstić information content (AvgIpc) is 2.45. The molecular formula is C16H24N2O2. The van der Waals surface area contributed by atoms with Crippen molar-refractivity contribution in [3.63, 3.8) is 0 Å². The maximum absolute atomic E-state index is 11.4. The number of carbonyl (C=O) groups is 1.